The molecule has 2 aromatic heterocycles. The minimum atomic E-state index is -0.0354. The molecule has 3 heterocycles. The summed E-state index contributed by atoms with van der Waals surface area (Å²) in [5.74, 6) is 2.01. The van der Waals surface area contributed by atoms with Gasteiger partial charge in [-0.15, -0.1) is 0 Å². The van der Waals surface area contributed by atoms with Crippen LogP contribution in [0.1, 0.15) is 28.6 Å². The predicted molar refractivity (Wildman–Crippen MR) is 93.1 cm³/mol. The Bertz CT molecular complexity index is 851. The number of fused-ring (bicyclic) bond motifs is 1. The molecule has 4 rings (SSSR count). The van der Waals surface area contributed by atoms with E-state index in [1.807, 2.05) is 42.2 Å². The highest BCUT2D eigenvalue weighted by Gasteiger charge is 2.23. The molecule has 25 heavy (non-hydrogen) atoms. The molecule has 1 amide bonds. The van der Waals surface area contributed by atoms with Gasteiger partial charge in [-0.25, -0.2) is 4.98 Å². The number of aromatic nitrogens is 3. The van der Waals surface area contributed by atoms with Crippen LogP contribution in [0, 0.1) is 6.92 Å². The highest BCUT2D eigenvalue weighted by Crippen LogP contribution is 2.20. The molecule has 1 aromatic carbocycles. The van der Waals surface area contributed by atoms with Crippen molar-refractivity contribution in [2.75, 3.05) is 26.2 Å². The Morgan fingerprint density at radius 2 is 2.12 bits per heavy atom. The smallest absolute Gasteiger partial charge is 0.289 e. The van der Waals surface area contributed by atoms with Crippen molar-refractivity contribution in [1.82, 2.24) is 25.0 Å². The summed E-state index contributed by atoms with van der Waals surface area (Å²) in [6.45, 7) is 5.75. The first kappa shape index (κ1) is 15.8. The van der Waals surface area contributed by atoms with Gasteiger partial charge in [0.1, 0.15) is 11.4 Å². The van der Waals surface area contributed by atoms with Crippen molar-refractivity contribution >= 4 is 16.9 Å². The van der Waals surface area contributed by atoms with E-state index in [1.165, 1.54) is 0 Å². The lowest BCUT2D eigenvalue weighted by Crippen LogP contribution is -2.35. The summed E-state index contributed by atoms with van der Waals surface area (Å²) in [6.07, 6.45) is 0.926. The molecule has 0 aliphatic carbocycles. The average molecular weight is 339 g/mol. The van der Waals surface area contributed by atoms with E-state index in [2.05, 4.69) is 20.1 Å². The zero-order valence-electron chi connectivity index (χ0n) is 14.2. The zero-order valence-corrected chi connectivity index (χ0v) is 14.2. The first-order valence-electron chi connectivity index (χ1n) is 8.57. The molecule has 7 nitrogen and oxygen atoms in total. The van der Waals surface area contributed by atoms with Crippen LogP contribution >= 0.6 is 0 Å². The molecular formula is C18H21N5O2. The molecule has 0 saturated carbocycles. The van der Waals surface area contributed by atoms with Gasteiger partial charge < -0.3 is 9.32 Å². The van der Waals surface area contributed by atoms with Gasteiger partial charge in [-0.2, -0.15) is 5.10 Å². The quantitative estimate of drug-likeness (QED) is 0.791. The number of carbonyl (C=O) groups is 1. The number of rotatable bonds is 3. The Morgan fingerprint density at radius 1 is 1.24 bits per heavy atom. The van der Waals surface area contributed by atoms with E-state index in [1.54, 1.807) is 0 Å². The number of benzene rings is 1. The summed E-state index contributed by atoms with van der Waals surface area (Å²) in [7, 11) is 0. The lowest BCUT2D eigenvalue weighted by atomic mass is 10.2. The first-order valence-corrected chi connectivity index (χ1v) is 8.57. The fourth-order valence-electron chi connectivity index (χ4n) is 3.23. The SMILES string of the molecule is Cc1nc(CN2CCCN(C(=O)c3cc4ccccc4o3)CC2)n[nH]1. The normalized spacial score (nSPS) is 16.3. The topological polar surface area (TPSA) is 78.3 Å². The number of H-pyrrole nitrogens is 1. The molecule has 1 saturated heterocycles. The highest BCUT2D eigenvalue weighted by atomic mass is 16.3. The maximum Gasteiger partial charge on any atom is 0.289 e. The van der Waals surface area contributed by atoms with Crippen molar-refractivity contribution in [3.8, 4) is 0 Å². The number of para-hydroxylation sites is 1. The lowest BCUT2D eigenvalue weighted by Gasteiger charge is -2.20. The number of aryl methyl sites for hydroxylation is 1. The lowest BCUT2D eigenvalue weighted by molar-refractivity contribution is 0.0731. The van der Waals surface area contributed by atoms with Crippen LogP contribution in [0.3, 0.4) is 0 Å². The van der Waals surface area contributed by atoms with Gasteiger partial charge in [0.05, 0.1) is 6.54 Å². The van der Waals surface area contributed by atoms with Gasteiger partial charge in [-0.1, -0.05) is 18.2 Å². The molecule has 0 unspecified atom stereocenters. The van der Waals surface area contributed by atoms with Crippen LogP contribution in [0.25, 0.3) is 11.0 Å². The number of carbonyl (C=O) groups excluding carboxylic acids is 1. The van der Waals surface area contributed by atoms with Crippen molar-refractivity contribution in [3.05, 3.63) is 47.7 Å². The molecular weight excluding hydrogens is 318 g/mol. The van der Waals surface area contributed by atoms with Gasteiger partial charge in [0.15, 0.2) is 11.6 Å². The number of nitrogens with one attached hydrogen (secondary N) is 1. The Labute approximate surface area is 145 Å². The Hall–Kier alpha value is -2.67. The van der Waals surface area contributed by atoms with Crippen LogP contribution in [-0.4, -0.2) is 57.1 Å². The van der Waals surface area contributed by atoms with Crippen LogP contribution in [0.15, 0.2) is 34.7 Å². The van der Waals surface area contributed by atoms with Crippen molar-refractivity contribution in [3.63, 3.8) is 0 Å². The zero-order chi connectivity index (χ0) is 17.2. The number of amides is 1. The second-order valence-electron chi connectivity index (χ2n) is 6.41. The third-order valence-corrected chi connectivity index (χ3v) is 4.52. The minimum Gasteiger partial charge on any atom is -0.451 e. The molecule has 7 heteroatoms. The molecule has 0 bridgehead atoms. The van der Waals surface area contributed by atoms with E-state index in [4.69, 9.17) is 4.42 Å². The van der Waals surface area contributed by atoms with Gasteiger partial charge in [-0.3, -0.25) is 14.8 Å². The Morgan fingerprint density at radius 3 is 2.92 bits per heavy atom. The standard InChI is InChI=1S/C18H21N5O2/c1-13-19-17(21-20-13)12-22-7-4-8-23(10-9-22)18(24)16-11-14-5-2-3-6-15(14)25-16/h2-3,5-6,11H,4,7-10,12H2,1H3,(H,19,20,21). The van der Waals surface area contributed by atoms with E-state index >= 15 is 0 Å². The van der Waals surface area contributed by atoms with Crippen LogP contribution in [-0.2, 0) is 6.54 Å². The molecule has 0 spiro atoms. The van der Waals surface area contributed by atoms with Crippen LogP contribution in [0.2, 0.25) is 0 Å². The third kappa shape index (κ3) is 3.41. The summed E-state index contributed by atoms with van der Waals surface area (Å²) in [6, 6.07) is 9.53. The van der Waals surface area contributed by atoms with E-state index in [9.17, 15) is 4.79 Å². The van der Waals surface area contributed by atoms with Crippen molar-refractivity contribution < 1.29 is 9.21 Å². The minimum absolute atomic E-state index is 0.0354. The molecule has 1 aliphatic rings. The van der Waals surface area contributed by atoms with Gasteiger partial charge in [0, 0.05) is 31.6 Å². The van der Waals surface area contributed by atoms with Gasteiger partial charge in [0.2, 0.25) is 0 Å². The maximum atomic E-state index is 12.8. The fourth-order valence-corrected chi connectivity index (χ4v) is 3.23. The van der Waals surface area contributed by atoms with Crippen molar-refractivity contribution in [2.45, 2.75) is 19.9 Å². The number of hydrogen-bond acceptors (Lipinski definition) is 5. The van der Waals surface area contributed by atoms with E-state index in [-0.39, 0.29) is 5.91 Å². The number of aromatic amines is 1. The van der Waals surface area contributed by atoms with E-state index in [0.29, 0.717) is 18.8 Å². The maximum absolute atomic E-state index is 12.8. The van der Waals surface area contributed by atoms with Gasteiger partial charge >= 0.3 is 0 Å². The summed E-state index contributed by atoms with van der Waals surface area (Å²) >= 11 is 0. The molecule has 0 atom stereocenters. The van der Waals surface area contributed by atoms with Crippen LogP contribution in [0.5, 0.6) is 0 Å². The number of furan rings is 1. The van der Waals surface area contributed by atoms with Crippen LogP contribution < -0.4 is 0 Å². The molecule has 3 aromatic rings. The van der Waals surface area contributed by atoms with E-state index < -0.39 is 0 Å². The molecule has 1 aliphatic heterocycles. The predicted octanol–water partition coefficient (Wildman–Crippen LogP) is 2.21. The molecule has 1 fully saturated rings. The van der Waals surface area contributed by atoms with Gasteiger partial charge in [-0.05, 0) is 25.5 Å². The summed E-state index contributed by atoms with van der Waals surface area (Å²) < 4.78 is 5.72. The average Bonchev–Trinajstić information content (AvgIpc) is 3.15. The third-order valence-electron chi connectivity index (χ3n) is 4.52. The van der Waals surface area contributed by atoms with Crippen LogP contribution in [0.4, 0.5) is 0 Å². The molecule has 1 N–H and O–H groups in total. The highest BCUT2D eigenvalue weighted by molar-refractivity contribution is 5.96. The largest absolute Gasteiger partial charge is 0.451 e. The second kappa shape index (κ2) is 6.68. The van der Waals surface area contributed by atoms with Gasteiger partial charge in [0.25, 0.3) is 5.91 Å². The number of nitrogens with zero attached hydrogens (tertiary/aromatic N) is 4. The van der Waals surface area contributed by atoms with Crippen molar-refractivity contribution in [2.24, 2.45) is 0 Å². The summed E-state index contributed by atoms with van der Waals surface area (Å²) in [5.41, 5.74) is 0.752. The fraction of sp³-hybridized carbons (Fsp3) is 0.389. The van der Waals surface area contributed by atoms with E-state index in [0.717, 1.165) is 48.7 Å². The van der Waals surface area contributed by atoms with Crippen molar-refractivity contribution in [1.29, 1.82) is 0 Å². The molecule has 0 radical (unpaired) electrons. The number of hydrogen-bond donors (Lipinski definition) is 1. The molecule has 130 valence electrons. The summed E-state index contributed by atoms with van der Waals surface area (Å²) in [4.78, 5) is 21.3. The Kier molecular flexibility index (Phi) is 4.23. The second-order valence-corrected chi connectivity index (χ2v) is 6.41. The Balaban J connectivity index is 1.42. The first-order chi connectivity index (χ1) is 12.2. The monoisotopic (exact) mass is 339 g/mol. The summed E-state index contributed by atoms with van der Waals surface area (Å²) in [5, 5.41) is 8.02.